The first kappa shape index (κ1) is 12.5. The third-order valence-electron chi connectivity index (χ3n) is 2.62. The van der Waals surface area contributed by atoms with E-state index in [1.165, 1.54) is 0 Å². The Morgan fingerprint density at radius 3 is 2.76 bits per heavy atom. The Labute approximate surface area is 100 Å². The molecule has 7 heteroatoms. The Morgan fingerprint density at radius 2 is 2.24 bits per heavy atom. The molecule has 1 fully saturated rings. The van der Waals surface area contributed by atoms with Gasteiger partial charge in [-0.1, -0.05) is 6.42 Å². The zero-order valence-electron chi connectivity index (χ0n) is 8.88. The first-order valence-corrected chi connectivity index (χ1v) is 6.11. The van der Waals surface area contributed by atoms with Gasteiger partial charge in [0.05, 0.1) is 10.9 Å². The van der Waals surface area contributed by atoms with Crippen LogP contribution < -0.4 is 5.32 Å². The monoisotopic (exact) mass is 264 g/mol. The zero-order valence-corrected chi connectivity index (χ0v) is 9.70. The third-order valence-corrected chi connectivity index (χ3v) is 3.67. The average molecular weight is 264 g/mol. The number of thiazole rings is 1. The van der Waals surface area contributed by atoms with Crippen LogP contribution in [0.25, 0.3) is 0 Å². The van der Waals surface area contributed by atoms with E-state index in [2.05, 4.69) is 10.3 Å². The SMILES string of the molecule is O=C(c1cnc(C(F)(F)F)s1)C1CCCCN1. The minimum atomic E-state index is -4.47. The van der Waals surface area contributed by atoms with Crippen LogP contribution >= 0.6 is 11.3 Å². The quantitative estimate of drug-likeness (QED) is 0.834. The summed E-state index contributed by atoms with van der Waals surface area (Å²) in [6, 6.07) is -0.356. The van der Waals surface area contributed by atoms with Crippen LogP contribution in [0.2, 0.25) is 0 Å². The van der Waals surface area contributed by atoms with Gasteiger partial charge in [-0.25, -0.2) is 4.98 Å². The van der Waals surface area contributed by atoms with Crippen LogP contribution in [-0.2, 0) is 6.18 Å². The number of alkyl halides is 3. The number of nitrogens with one attached hydrogen (secondary N) is 1. The molecule has 1 saturated heterocycles. The van der Waals surface area contributed by atoms with E-state index in [1.54, 1.807) is 0 Å². The number of Topliss-reactive ketones (excluding diaryl/α,β-unsaturated/α-hetero) is 1. The van der Waals surface area contributed by atoms with Gasteiger partial charge >= 0.3 is 6.18 Å². The summed E-state index contributed by atoms with van der Waals surface area (Å²) in [7, 11) is 0. The van der Waals surface area contributed by atoms with Gasteiger partial charge in [-0.2, -0.15) is 13.2 Å². The van der Waals surface area contributed by atoms with Crippen molar-refractivity contribution in [2.24, 2.45) is 0 Å². The van der Waals surface area contributed by atoms with Crippen molar-refractivity contribution in [1.29, 1.82) is 0 Å². The summed E-state index contributed by atoms with van der Waals surface area (Å²) in [6.45, 7) is 0.737. The smallest absolute Gasteiger partial charge is 0.307 e. The van der Waals surface area contributed by atoms with Gasteiger partial charge in [-0.05, 0) is 19.4 Å². The Hall–Kier alpha value is -0.950. The van der Waals surface area contributed by atoms with Crippen molar-refractivity contribution in [3.8, 4) is 0 Å². The molecule has 0 spiro atoms. The molecule has 0 bridgehead atoms. The molecule has 0 aliphatic carbocycles. The van der Waals surface area contributed by atoms with Crippen molar-refractivity contribution in [2.45, 2.75) is 31.5 Å². The highest BCUT2D eigenvalue weighted by Crippen LogP contribution is 2.33. The average Bonchev–Trinajstić information content (AvgIpc) is 2.78. The van der Waals surface area contributed by atoms with E-state index in [0.717, 1.165) is 25.6 Å². The largest absolute Gasteiger partial charge is 0.443 e. The normalized spacial score (nSPS) is 21.5. The molecule has 0 amide bonds. The van der Waals surface area contributed by atoms with Crippen LogP contribution in [0.5, 0.6) is 0 Å². The van der Waals surface area contributed by atoms with Crippen LogP contribution in [0.1, 0.15) is 33.9 Å². The number of hydrogen-bond acceptors (Lipinski definition) is 4. The zero-order chi connectivity index (χ0) is 12.5. The summed E-state index contributed by atoms with van der Waals surface area (Å²) in [6.07, 6.45) is -0.845. The van der Waals surface area contributed by atoms with Crippen molar-refractivity contribution in [3.63, 3.8) is 0 Å². The van der Waals surface area contributed by atoms with E-state index in [-0.39, 0.29) is 16.7 Å². The number of ketones is 1. The molecule has 3 nitrogen and oxygen atoms in total. The summed E-state index contributed by atoms with van der Waals surface area (Å²) < 4.78 is 37.0. The molecule has 17 heavy (non-hydrogen) atoms. The van der Waals surface area contributed by atoms with Crippen LogP contribution in [0.4, 0.5) is 13.2 Å². The number of hydrogen-bond donors (Lipinski definition) is 1. The number of nitrogens with zero attached hydrogens (tertiary/aromatic N) is 1. The van der Waals surface area contributed by atoms with Gasteiger partial charge in [0.2, 0.25) is 0 Å². The fraction of sp³-hybridized carbons (Fsp3) is 0.600. The Bertz CT molecular complexity index is 410. The van der Waals surface area contributed by atoms with Crippen LogP contribution in [0.15, 0.2) is 6.20 Å². The highest BCUT2D eigenvalue weighted by atomic mass is 32.1. The van der Waals surface area contributed by atoms with Crippen LogP contribution in [-0.4, -0.2) is 23.4 Å². The predicted octanol–water partition coefficient (Wildman–Crippen LogP) is 2.49. The van der Waals surface area contributed by atoms with Crippen molar-refractivity contribution in [2.75, 3.05) is 6.54 Å². The Balaban J connectivity index is 2.11. The van der Waals surface area contributed by atoms with E-state index >= 15 is 0 Å². The van der Waals surface area contributed by atoms with Gasteiger partial charge in [-0.15, -0.1) is 11.3 Å². The molecular weight excluding hydrogens is 253 g/mol. The molecule has 2 rings (SSSR count). The molecular formula is C10H11F3N2OS. The molecule has 2 heterocycles. The maximum atomic E-state index is 12.3. The van der Waals surface area contributed by atoms with E-state index < -0.39 is 11.2 Å². The van der Waals surface area contributed by atoms with Gasteiger partial charge in [0.15, 0.2) is 10.8 Å². The molecule has 1 unspecified atom stereocenters. The number of piperidine rings is 1. The molecule has 1 aromatic rings. The molecule has 1 aromatic heterocycles. The highest BCUT2D eigenvalue weighted by Gasteiger charge is 2.36. The lowest BCUT2D eigenvalue weighted by Gasteiger charge is -2.21. The minimum Gasteiger partial charge on any atom is -0.307 e. The maximum absolute atomic E-state index is 12.3. The van der Waals surface area contributed by atoms with E-state index in [9.17, 15) is 18.0 Å². The second-order valence-electron chi connectivity index (χ2n) is 3.89. The number of carbonyl (C=O) groups excluding carboxylic acids is 1. The second kappa shape index (κ2) is 4.73. The minimum absolute atomic E-state index is 0.0803. The fourth-order valence-corrected chi connectivity index (χ4v) is 2.54. The highest BCUT2D eigenvalue weighted by molar-refractivity contribution is 7.13. The first-order valence-electron chi connectivity index (χ1n) is 5.29. The molecule has 1 N–H and O–H groups in total. The number of aromatic nitrogens is 1. The first-order chi connectivity index (χ1) is 7.98. The van der Waals surface area contributed by atoms with E-state index in [1.807, 2.05) is 0 Å². The van der Waals surface area contributed by atoms with Crippen molar-refractivity contribution < 1.29 is 18.0 Å². The lowest BCUT2D eigenvalue weighted by atomic mass is 10.0. The van der Waals surface area contributed by atoms with Crippen molar-refractivity contribution in [3.05, 3.63) is 16.1 Å². The molecule has 94 valence electrons. The topological polar surface area (TPSA) is 42.0 Å². The van der Waals surface area contributed by atoms with E-state index in [4.69, 9.17) is 0 Å². The second-order valence-corrected chi connectivity index (χ2v) is 4.92. The number of carbonyl (C=O) groups is 1. The Morgan fingerprint density at radius 1 is 1.47 bits per heavy atom. The number of halogens is 3. The molecule has 0 radical (unpaired) electrons. The molecule has 0 aromatic carbocycles. The van der Waals surface area contributed by atoms with E-state index in [0.29, 0.717) is 17.8 Å². The molecule has 1 aliphatic heterocycles. The fourth-order valence-electron chi connectivity index (χ4n) is 1.77. The van der Waals surface area contributed by atoms with Gasteiger partial charge in [-0.3, -0.25) is 4.79 Å². The standard InChI is InChI=1S/C10H11F3N2OS/c11-10(12,13)9-15-5-7(17-9)8(16)6-3-1-2-4-14-6/h5-6,14H,1-4H2. The summed E-state index contributed by atoms with van der Waals surface area (Å²) in [4.78, 5) is 15.2. The van der Waals surface area contributed by atoms with Gasteiger partial charge in [0, 0.05) is 6.20 Å². The summed E-state index contributed by atoms with van der Waals surface area (Å²) in [5.74, 6) is -0.280. The van der Waals surface area contributed by atoms with Crippen LogP contribution in [0.3, 0.4) is 0 Å². The molecule has 1 aliphatic rings. The van der Waals surface area contributed by atoms with Gasteiger partial charge in [0.25, 0.3) is 0 Å². The van der Waals surface area contributed by atoms with Gasteiger partial charge < -0.3 is 5.32 Å². The molecule has 0 saturated carbocycles. The lowest BCUT2D eigenvalue weighted by Crippen LogP contribution is -2.40. The van der Waals surface area contributed by atoms with Crippen molar-refractivity contribution >= 4 is 17.1 Å². The molecule has 1 atom stereocenters. The van der Waals surface area contributed by atoms with Crippen molar-refractivity contribution in [1.82, 2.24) is 10.3 Å². The maximum Gasteiger partial charge on any atom is 0.443 e. The lowest BCUT2D eigenvalue weighted by molar-refractivity contribution is -0.137. The van der Waals surface area contributed by atoms with Gasteiger partial charge in [0.1, 0.15) is 0 Å². The Kier molecular flexibility index (Phi) is 3.48. The summed E-state index contributed by atoms with van der Waals surface area (Å²) in [5, 5.41) is 2.05. The third kappa shape index (κ3) is 2.84. The number of rotatable bonds is 2. The predicted molar refractivity (Wildman–Crippen MR) is 57.1 cm³/mol. The summed E-state index contributed by atoms with van der Waals surface area (Å²) >= 11 is 0.416. The summed E-state index contributed by atoms with van der Waals surface area (Å²) in [5.41, 5.74) is 0. The van der Waals surface area contributed by atoms with Crippen LogP contribution in [0, 0.1) is 0 Å².